The monoisotopic (exact) mass is 302 g/mol. The van der Waals surface area contributed by atoms with E-state index in [0.29, 0.717) is 4.75 Å². The Kier molecular flexibility index (Phi) is 3.29. The molecule has 0 aliphatic heterocycles. The number of rotatable bonds is 1. The molecule has 0 heterocycles. The Morgan fingerprint density at radius 2 is 2.05 bits per heavy atom. The van der Waals surface area contributed by atoms with Crippen LogP contribution in [-0.4, -0.2) is 11.9 Å². The van der Waals surface area contributed by atoms with Gasteiger partial charge >= 0.3 is 0 Å². The summed E-state index contributed by atoms with van der Waals surface area (Å²) in [4.78, 5) is 0. The highest BCUT2D eigenvalue weighted by molar-refractivity contribution is 7.81. The Bertz CT molecular complexity index is 554. The predicted molar refractivity (Wildman–Crippen MR) is 90.4 cm³/mol. The second kappa shape index (κ2) is 4.94. The number of ether oxygens (including phenoxy) is 1. The molecule has 4 rings (SSSR count). The molecule has 2 fully saturated rings. The second-order valence-electron chi connectivity index (χ2n) is 7.49. The maximum atomic E-state index is 5.40. The summed E-state index contributed by atoms with van der Waals surface area (Å²) < 4.78 is 5.73. The third-order valence-corrected chi connectivity index (χ3v) is 7.79. The van der Waals surface area contributed by atoms with E-state index in [1.807, 2.05) is 0 Å². The first-order valence-electron chi connectivity index (χ1n) is 8.52. The third kappa shape index (κ3) is 1.98. The molecule has 3 aliphatic carbocycles. The van der Waals surface area contributed by atoms with Crippen molar-refractivity contribution in [3.63, 3.8) is 0 Å². The average Bonchev–Trinajstić information content (AvgIpc) is 2.82. The Hall–Kier alpha value is -0.630. The molecule has 0 amide bonds. The maximum Gasteiger partial charge on any atom is 0.119 e. The number of aryl methyl sites for hydroxylation is 1. The average molecular weight is 302 g/mol. The summed E-state index contributed by atoms with van der Waals surface area (Å²) in [7, 11) is 1.77. The molecule has 0 saturated heterocycles. The van der Waals surface area contributed by atoms with Gasteiger partial charge in [-0.05, 0) is 85.5 Å². The van der Waals surface area contributed by atoms with Gasteiger partial charge in [-0.3, -0.25) is 0 Å². The predicted octanol–water partition coefficient (Wildman–Crippen LogP) is 4.85. The van der Waals surface area contributed by atoms with Crippen LogP contribution in [0.2, 0.25) is 0 Å². The molecule has 3 aliphatic rings. The van der Waals surface area contributed by atoms with Crippen LogP contribution in [0.25, 0.3) is 0 Å². The fourth-order valence-corrected chi connectivity index (χ4v) is 6.17. The van der Waals surface area contributed by atoms with Crippen molar-refractivity contribution in [2.45, 2.75) is 56.1 Å². The van der Waals surface area contributed by atoms with E-state index < -0.39 is 0 Å². The first kappa shape index (κ1) is 14.0. The highest BCUT2D eigenvalue weighted by Gasteiger charge is 2.54. The topological polar surface area (TPSA) is 9.23 Å². The van der Waals surface area contributed by atoms with E-state index in [-0.39, 0.29) is 0 Å². The molecule has 3 unspecified atom stereocenters. The molecule has 0 N–H and O–H groups in total. The SMILES string of the molecule is COc1ccc2c(c1)CCC1C2CC[C@@]2(S)C1CC[C@@H]2C. The summed E-state index contributed by atoms with van der Waals surface area (Å²) in [5, 5.41) is 0. The summed E-state index contributed by atoms with van der Waals surface area (Å²) >= 11 is 5.20. The number of benzene rings is 1. The molecule has 0 bridgehead atoms. The minimum Gasteiger partial charge on any atom is -0.497 e. The number of hydrogen-bond acceptors (Lipinski definition) is 2. The highest BCUT2D eigenvalue weighted by Crippen LogP contribution is 2.61. The van der Waals surface area contributed by atoms with Crippen LogP contribution in [0.1, 0.15) is 56.1 Å². The van der Waals surface area contributed by atoms with Crippen molar-refractivity contribution >= 4 is 12.6 Å². The van der Waals surface area contributed by atoms with Crippen LogP contribution in [0.3, 0.4) is 0 Å². The van der Waals surface area contributed by atoms with Crippen LogP contribution >= 0.6 is 12.6 Å². The van der Waals surface area contributed by atoms with Gasteiger partial charge in [0.2, 0.25) is 0 Å². The molecule has 2 heteroatoms. The summed E-state index contributed by atoms with van der Waals surface area (Å²) in [6.07, 6.45) is 7.99. The minimum atomic E-state index is 0.325. The molecule has 1 nitrogen and oxygen atoms in total. The first-order valence-corrected chi connectivity index (χ1v) is 8.97. The van der Waals surface area contributed by atoms with Crippen LogP contribution in [0.4, 0.5) is 0 Å². The number of hydrogen-bond donors (Lipinski definition) is 1. The van der Waals surface area contributed by atoms with Crippen molar-refractivity contribution in [1.82, 2.24) is 0 Å². The van der Waals surface area contributed by atoms with E-state index in [2.05, 4.69) is 25.1 Å². The molecular formula is C19H26OS. The van der Waals surface area contributed by atoms with Gasteiger partial charge in [0, 0.05) is 4.75 Å². The molecule has 1 aromatic carbocycles. The van der Waals surface area contributed by atoms with Crippen molar-refractivity contribution in [2.75, 3.05) is 7.11 Å². The molecule has 21 heavy (non-hydrogen) atoms. The van der Waals surface area contributed by atoms with Gasteiger partial charge in [-0.2, -0.15) is 12.6 Å². The Morgan fingerprint density at radius 3 is 2.86 bits per heavy atom. The van der Waals surface area contributed by atoms with Crippen molar-refractivity contribution in [1.29, 1.82) is 0 Å². The zero-order valence-corrected chi connectivity index (χ0v) is 14.0. The van der Waals surface area contributed by atoms with Crippen LogP contribution in [0, 0.1) is 17.8 Å². The van der Waals surface area contributed by atoms with Gasteiger partial charge in [0.15, 0.2) is 0 Å². The second-order valence-corrected chi connectivity index (χ2v) is 8.32. The van der Waals surface area contributed by atoms with Gasteiger partial charge in [-0.1, -0.05) is 13.0 Å². The number of fused-ring (bicyclic) bond motifs is 5. The van der Waals surface area contributed by atoms with Gasteiger partial charge in [-0.15, -0.1) is 0 Å². The molecule has 2 saturated carbocycles. The minimum absolute atomic E-state index is 0.325. The Balaban J connectivity index is 1.68. The van der Waals surface area contributed by atoms with Gasteiger partial charge < -0.3 is 4.74 Å². The summed E-state index contributed by atoms with van der Waals surface area (Å²) in [5.74, 6) is 4.28. The van der Waals surface area contributed by atoms with Gasteiger partial charge in [-0.25, -0.2) is 0 Å². The van der Waals surface area contributed by atoms with Gasteiger partial charge in [0.1, 0.15) is 5.75 Å². The smallest absolute Gasteiger partial charge is 0.119 e. The zero-order valence-electron chi connectivity index (χ0n) is 13.1. The van der Waals surface area contributed by atoms with Crippen molar-refractivity contribution in [3.05, 3.63) is 29.3 Å². The van der Waals surface area contributed by atoms with E-state index in [1.54, 1.807) is 12.7 Å². The number of thiol groups is 1. The van der Waals surface area contributed by atoms with Crippen LogP contribution in [-0.2, 0) is 6.42 Å². The lowest BCUT2D eigenvalue weighted by Gasteiger charge is -2.50. The lowest BCUT2D eigenvalue weighted by Crippen LogP contribution is -2.44. The van der Waals surface area contributed by atoms with Crippen molar-refractivity contribution < 1.29 is 4.74 Å². The van der Waals surface area contributed by atoms with E-state index in [9.17, 15) is 0 Å². The summed E-state index contributed by atoms with van der Waals surface area (Å²) in [5.41, 5.74) is 3.15. The first-order chi connectivity index (χ1) is 10.1. The lowest BCUT2D eigenvalue weighted by molar-refractivity contribution is 0.144. The van der Waals surface area contributed by atoms with E-state index in [1.165, 1.54) is 44.1 Å². The molecule has 1 aromatic rings. The van der Waals surface area contributed by atoms with Crippen molar-refractivity contribution in [3.8, 4) is 5.75 Å². The molecule has 0 aromatic heterocycles. The maximum absolute atomic E-state index is 5.40. The van der Waals surface area contributed by atoms with Gasteiger partial charge in [0.25, 0.3) is 0 Å². The van der Waals surface area contributed by atoms with E-state index in [0.717, 1.165) is 29.4 Å². The quantitative estimate of drug-likeness (QED) is 0.730. The fourth-order valence-electron chi connectivity index (χ4n) is 5.59. The fraction of sp³-hybridized carbons (Fsp3) is 0.684. The van der Waals surface area contributed by atoms with Crippen LogP contribution in [0.15, 0.2) is 18.2 Å². The molecular weight excluding hydrogens is 276 g/mol. The summed E-state index contributed by atoms with van der Waals surface area (Å²) in [6.45, 7) is 2.43. The Morgan fingerprint density at radius 1 is 1.19 bits per heavy atom. The largest absolute Gasteiger partial charge is 0.497 e. The molecule has 114 valence electrons. The standard InChI is InChI=1S/C19H26OS/c1-12-3-8-18-17-6-4-13-11-14(20-2)5-7-15(13)16(17)9-10-19(12,18)21/h5,7,11-12,16-18,21H,3-4,6,8-10H2,1-2H3/t12-,16?,17?,18?,19-/m0/s1. The van der Waals surface area contributed by atoms with Gasteiger partial charge in [0.05, 0.1) is 7.11 Å². The van der Waals surface area contributed by atoms with E-state index in [4.69, 9.17) is 17.4 Å². The highest BCUT2D eigenvalue weighted by atomic mass is 32.1. The molecule has 0 radical (unpaired) electrons. The van der Waals surface area contributed by atoms with Crippen LogP contribution in [0.5, 0.6) is 5.75 Å². The molecule has 0 spiro atoms. The number of methoxy groups -OCH3 is 1. The van der Waals surface area contributed by atoms with Crippen molar-refractivity contribution in [2.24, 2.45) is 17.8 Å². The van der Waals surface area contributed by atoms with E-state index >= 15 is 0 Å². The zero-order chi connectivity index (χ0) is 14.6. The lowest BCUT2D eigenvalue weighted by atomic mass is 9.59. The molecule has 5 atom stereocenters. The third-order valence-electron chi connectivity index (χ3n) is 6.79. The Labute approximate surface area is 133 Å². The summed E-state index contributed by atoms with van der Waals surface area (Å²) in [6, 6.07) is 6.77. The van der Waals surface area contributed by atoms with Crippen LogP contribution < -0.4 is 4.74 Å². The normalized spacial score (nSPS) is 41.1.